The molecular weight excluding hydrogens is 287 g/mol. The van der Waals surface area contributed by atoms with Crippen molar-refractivity contribution in [3.63, 3.8) is 0 Å². The molecule has 0 aliphatic heterocycles. The molecular formula is C10H12Cl2O4S. The Balaban J connectivity index is 0.000000557. The third-order valence-corrected chi connectivity index (χ3v) is 1.65. The number of rotatable bonds is 2. The summed E-state index contributed by atoms with van der Waals surface area (Å²) in [7, 11) is 7.36. The van der Waals surface area contributed by atoms with Crippen molar-refractivity contribution in [1.82, 2.24) is 0 Å². The predicted octanol–water partition coefficient (Wildman–Crippen LogP) is 2.46. The van der Waals surface area contributed by atoms with E-state index in [0.29, 0.717) is 5.56 Å². The first-order valence-corrected chi connectivity index (χ1v) is 7.27. The van der Waals surface area contributed by atoms with E-state index in [0.717, 1.165) is 0 Å². The van der Waals surface area contributed by atoms with Crippen LogP contribution in [0.3, 0.4) is 0 Å². The van der Waals surface area contributed by atoms with Crippen molar-refractivity contribution < 1.29 is 19.2 Å². The number of benzene rings is 1. The number of aliphatic hydroxyl groups is 1. The molecule has 0 radical (unpaired) electrons. The van der Waals surface area contributed by atoms with Crippen molar-refractivity contribution in [2.24, 2.45) is 0 Å². The van der Waals surface area contributed by atoms with Gasteiger partial charge in [0, 0.05) is 19.4 Å². The molecule has 0 saturated carbocycles. The molecule has 1 aromatic rings. The Hall–Kier alpha value is -0.460. The van der Waals surface area contributed by atoms with Gasteiger partial charge in [-0.15, -0.1) is 0 Å². The van der Waals surface area contributed by atoms with Crippen molar-refractivity contribution in [2.75, 3.05) is 0 Å². The molecule has 0 aliphatic carbocycles. The summed E-state index contributed by atoms with van der Waals surface area (Å²) in [5.41, 5.74) is 0.560. The van der Waals surface area contributed by atoms with E-state index in [4.69, 9.17) is 9.29 Å². The number of hydrogen-bond donors (Lipinski definition) is 1. The molecule has 0 fully saturated rings. The van der Waals surface area contributed by atoms with Crippen LogP contribution in [-0.4, -0.2) is 15.6 Å². The molecule has 96 valence electrons. The van der Waals surface area contributed by atoms with Crippen molar-refractivity contribution in [3.8, 4) is 0 Å². The van der Waals surface area contributed by atoms with E-state index in [2.05, 4.69) is 21.4 Å². The summed E-state index contributed by atoms with van der Waals surface area (Å²) in [6.45, 7) is 2.70. The van der Waals surface area contributed by atoms with Crippen LogP contribution in [0, 0.1) is 0 Å². The zero-order valence-electron chi connectivity index (χ0n) is 9.22. The first kappa shape index (κ1) is 16.5. The van der Waals surface area contributed by atoms with E-state index in [1.54, 1.807) is 24.3 Å². The lowest BCUT2D eigenvalue weighted by Crippen LogP contribution is -2.27. The smallest absolute Gasteiger partial charge is 0.305 e. The number of esters is 1. The van der Waals surface area contributed by atoms with E-state index >= 15 is 0 Å². The van der Waals surface area contributed by atoms with Gasteiger partial charge in [0.25, 0.3) is 0 Å². The van der Waals surface area contributed by atoms with Crippen LogP contribution in [0.4, 0.5) is 0 Å². The topological polar surface area (TPSA) is 69.6 Å². The van der Waals surface area contributed by atoms with Crippen molar-refractivity contribution >= 4 is 36.9 Å². The quantitative estimate of drug-likeness (QED) is 0.517. The van der Waals surface area contributed by atoms with E-state index < -0.39 is 21.4 Å². The normalized spacial score (nSPS) is 13.4. The van der Waals surface area contributed by atoms with E-state index in [1.165, 1.54) is 13.8 Å². The molecule has 0 spiro atoms. The van der Waals surface area contributed by atoms with Crippen LogP contribution in [0.5, 0.6) is 0 Å². The maximum Gasteiger partial charge on any atom is 0.305 e. The van der Waals surface area contributed by atoms with Gasteiger partial charge in [-0.2, -0.15) is 0 Å². The molecule has 17 heavy (non-hydrogen) atoms. The van der Waals surface area contributed by atoms with Gasteiger partial charge in [-0.3, -0.25) is 4.79 Å². The van der Waals surface area contributed by atoms with Gasteiger partial charge in [0.05, 0.1) is 0 Å². The molecule has 1 unspecified atom stereocenters. The fourth-order valence-electron chi connectivity index (χ4n) is 1.09. The van der Waals surface area contributed by atoms with Crippen molar-refractivity contribution in [3.05, 3.63) is 35.9 Å². The highest BCUT2D eigenvalue weighted by atomic mass is 36.0. The third-order valence-electron chi connectivity index (χ3n) is 1.65. The van der Waals surface area contributed by atoms with Crippen LogP contribution < -0.4 is 0 Å². The SMILES string of the molecule is CC(=O)OC(C)(O)c1ccccc1.[O-][S+](Cl)Cl. The zero-order valence-corrected chi connectivity index (χ0v) is 11.6. The average Bonchev–Trinajstić information content (AvgIpc) is 2.16. The van der Waals surface area contributed by atoms with Gasteiger partial charge >= 0.3 is 5.97 Å². The Morgan fingerprint density at radius 1 is 1.41 bits per heavy atom. The number of ether oxygens (including phenoxy) is 1. The summed E-state index contributed by atoms with van der Waals surface area (Å²) in [6.07, 6.45) is 0. The minimum absolute atomic E-state index is 0.506. The zero-order chi connectivity index (χ0) is 13.5. The second kappa shape index (κ2) is 7.79. The van der Waals surface area contributed by atoms with Gasteiger partial charge in [-0.25, -0.2) is 0 Å². The fourth-order valence-corrected chi connectivity index (χ4v) is 1.09. The molecule has 0 bridgehead atoms. The summed E-state index contributed by atoms with van der Waals surface area (Å²) in [6, 6.07) is 8.76. The lowest BCUT2D eigenvalue weighted by atomic mass is 10.1. The molecule has 1 atom stereocenters. The molecule has 1 rings (SSSR count). The lowest BCUT2D eigenvalue weighted by molar-refractivity contribution is -0.204. The summed E-state index contributed by atoms with van der Waals surface area (Å²) in [5.74, 6) is -2.04. The van der Waals surface area contributed by atoms with E-state index in [-0.39, 0.29) is 0 Å². The minimum atomic E-state index is -1.67. The molecule has 0 aromatic heterocycles. The van der Waals surface area contributed by atoms with Crippen LogP contribution in [-0.2, 0) is 24.9 Å². The fraction of sp³-hybridized carbons (Fsp3) is 0.300. The molecule has 0 heterocycles. The van der Waals surface area contributed by atoms with Gasteiger partial charge in [-0.1, -0.05) is 30.3 Å². The highest BCUT2D eigenvalue weighted by Crippen LogP contribution is 2.21. The molecule has 1 N–H and O–H groups in total. The van der Waals surface area contributed by atoms with Gasteiger partial charge in [0.1, 0.15) is 0 Å². The van der Waals surface area contributed by atoms with Crippen LogP contribution >= 0.6 is 21.4 Å². The van der Waals surface area contributed by atoms with Crippen LogP contribution in [0.2, 0.25) is 0 Å². The average molecular weight is 299 g/mol. The molecule has 0 saturated heterocycles. The first-order chi connectivity index (χ1) is 7.75. The predicted molar refractivity (Wildman–Crippen MR) is 67.6 cm³/mol. The van der Waals surface area contributed by atoms with Crippen LogP contribution in [0.1, 0.15) is 19.4 Å². The number of carbonyl (C=O) groups excluding carboxylic acids is 1. The summed E-state index contributed by atoms with van der Waals surface area (Å²) >= 11 is 0. The molecule has 4 nitrogen and oxygen atoms in total. The standard InChI is InChI=1S/C10H12O3.Cl2OS/c1-8(11)13-10(2,12)9-6-4-3-5-7-9;1-4(2)3/h3-7,12H,1-2H3;. The Morgan fingerprint density at radius 2 is 1.82 bits per heavy atom. The monoisotopic (exact) mass is 298 g/mol. The molecule has 1 aromatic carbocycles. The molecule has 0 amide bonds. The second-order valence-electron chi connectivity index (χ2n) is 3.13. The van der Waals surface area contributed by atoms with Crippen molar-refractivity contribution in [1.29, 1.82) is 0 Å². The summed E-state index contributed by atoms with van der Waals surface area (Å²) < 4.78 is 13.8. The Kier molecular flexibility index (Phi) is 7.58. The van der Waals surface area contributed by atoms with Crippen LogP contribution in [0.25, 0.3) is 0 Å². The second-order valence-corrected chi connectivity index (χ2v) is 5.65. The molecule has 7 heteroatoms. The summed E-state index contributed by atoms with van der Waals surface area (Å²) in [5, 5.41) is 9.71. The largest absolute Gasteiger partial charge is 0.582 e. The van der Waals surface area contributed by atoms with Crippen LogP contribution in [0.15, 0.2) is 30.3 Å². The van der Waals surface area contributed by atoms with E-state index in [1.807, 2.05) is 6.07 Å². The van der Waals surface area contributed by atoms with E-state index in [9.17, 15) is 9.90 Å². The Bertz CT molecular complexity index is 341. The third kappa shape index (κ3) is 8.29. The van der Waals surface area contributed by atoms with Gasteiger partial charge in [0.15, 0.2) is 31.0 Å². The van der Waals surface area contributed by atoms with Gasteiger partial charge in [-0.05, 0) is 0 Å². The lowest BCUT2D eigenvalue weighted by Gasteiger charge is -2.22. The number of carbonyl (C=O) groups is 1. The maximum atomic E-state index is 10.7. The van der Waals surface area contributed by atoms with Gasteiger partial charge in [0.2, 0.25) is 5.79 Å². The molecule has 0 aliphatic rings. The summed E-state index contributed by atoms with van der Waals surface area (Å²) in [4.78, 5) is 10.7. The highest BCUT2D eigenvalue weighted by molar-refractivity contribution is 8.31. The number of halogens is 2. The highest BCUT2D eigenvalue weighted by Gasteiger charge is 2.25. The first-order valence-electron chi connectivity index (χ1n) is 4.47. The maximum absolute atomic E-state index is 10.7. The number of hydrogen-bond acceptors (Lipinski definition) is 4. The minimum Gasteiger partial charge on any atom is -0.582 e. The Morgan fingerprint density at radius 3 is 2.18 bits per heavy atom. The van der Waals surface area contributed by atoms with Crippen molar-refractivity contribution in [2.45, 2.75) is 19.6 Å². The Labute approximate surface area is 112 Å². The van der Waals surface area contributed by atoms with Gasteiger partial charge < -0.3 is 14.4 Å².